The highest BCUT2D eigenvalue weighted by atomic mass is 16.2. The summed E-state index contributed by atoms with van der Waals surface area (Å²) in [5, 5.41) is 0.507. The maximum atomic E-state index is 13.1. The van der Waals surface area contributed by atoms with Gasteiger partial charge in [0.25, 0.3) is 5.56 Å². The first-order valence-corrected chi connectivity index (χ1v) is 9.06. The smallest absolute Gasteiger partial charge is 0.261 e. The van der Waals surface area contributed by atoms with Crippen molar-refractivity contribution in [3.63, 3.8) is 0 Å². The third-order valence-electron chi connectivity index (χ3n) is 4.59. The number of amides is 1. The van der Waals surface area contributed by atoms with Gasteiger partial charge in [0.1, 0.15) is 6.54 Å². The van der Waals surface area contributed by atoms with Gasteiger partial charge in [-0.3, -0.25) is 14.2 Å². The van der Waals surface area contributed by atoms with Gasteiger partial charge in [-0.15, -0.1) is 0 Å². The third-order valence-corrected chi connectivity index (χ3v) is 4.59. The Morgan fingerprint density at radius 1 is 0.857 bits per heavy atom. The summed E-state index contributed by atoms with van der Waals surface area (Å²) in [5.74, 6) is -0.172. The van der Waals surface area contributed by atoms with Crippen LogP contribution in [-0.2, 0) is 17.9 Å². The molecule has 0 spiro atoms. The number of hydrogen-bond donors (Lipinski definition) is 0. The van der Waals surface area contributed by atoms with Gasteiger partial charge in [-0.25, -0.2) is 4.98 Å². The van der Waals surface area contributed by atoms with E-state index in [1.165, 1.54) is 10.9 Å². The summed E-state index contributed by atoms with van der Waals surface area (Å²) in [6.45, 7) is 0.359. The Morgan fingerprint density at radius 2 is 1.50 bits per heavy atom. The molecule has 1 heterocycles. The zero-order valence-corrected chi connectivity index (χ0v) is 15.2. The second kappa shape index (κ2) is 7.88. The van der Waals surface area contributed by atoms with Crippen molar-refractivity contribution in [2.45, 2.75) is 13.1 Å². The second-order valence-electron chi connectivity index (χ2n) is 6.50. The molecule has 0 radical (unpaired) electrons. The van der Waals surface area contributed by atoms with Crippen LogP contribution in [0.4, 0.5) is 5.69 Å². The number of hydrogen-bond acceptors (Lipinski definition) is 3. The first-order chi connectivity index (χ1) is 13.7. The number of benzene rings is 3. The quantitative estimate of drug-likeness (QED) is 0.540. The van der Waals surface area contributed by atoms with Crippen LogP contribution in [0.2, 0.25) is 0 Å². The topological polar surface area (TPSA) is 55.2 Å². The molecule has 138 valence electrons. The maximum absolute atomic E-state index is 13.1. The first kappa shape index (κ1) is 17.7. The monoisotopic (exact) mass is 369 g/mol. The van der Waals surface area contributed by atoms with E-state index in [-0.39, 0.29) is 18.0 Å². The number of carbonyl (C=O) groups excluding carboxylic acids is 1. The summed E-state index contributed by atoms with van der Waals surface area (Å²) in [5.41, 5.74) is 2.22. The number of nitrogens with zero attached hydrogens (tertiary/aromatic N) is 3. The maximum Gasteiger partial charge on any atom is 0.261 e. The van der Waals surface area contributed by atoms with E-state index < -0.39 is 0 Å². The zero-order chi connectivity index (χ0) is 19.3. The van der Waals surface area contributed by atoms with Gasteiger partial charge < -0.3 is 4.90 Å². The largest absolute Gasteiger partial charge is 0.306 e. The first-order valence-electron chi connectivity index (χ1n) is 9.06. The van der Waals surface area contributed by atoms with Crippen LogP contribution in [0.1, 0.15) is 5.56 Å². The van der Waals surface area contributed by atoms with Gasteiger partial charge in [0.2, 0.25) is 5.91 Å². The lowest BCUT2D eigenvalue weighted by Crippen LogP contribution is -2.36. The van der Waals surface area contributed by atoms with E-state index >= 15 is 0 Å². The van der Waals surface area contributed by atoms with Crippen LogP contribution in [-0.4, -0.2) is 15.5 Å². The highest BCUT2D eigenvalue weighted by molar-refractivity contribution is 5.93. The van der Waals surface area contributed by atoms with Crippen LogP contribution in [0, 0.1) is 0 Å². The fraction of sp³-hybridized carbons (Fsp3) is 0.0870. The van der Waals surface area contributed by atoms with Crippen molar-refractivity contribution in [3.05, 3.63) is 107 Å². The van der Waals surface area contributed by atoms with Crippen LogP contribution in [0.25, 0.3) is 10.9 Å². The molecular formula is C23H19N3O2. The van der Waals surface area contributed by atoms with Crippen molar-refractivity contribution in [2.24, 2.45) is 0 Å². The normalized spacial score (nSPS) is 10.7. The molecule has 4 aromatic rings. The van der Waals surface area contributed by atoms with E-state index in [4.69, 9.17) is 0 Å². The molecule has 0 aliphatic rings. The number of aromatic nitrogens is 2. The molecule has 0 N–H and O–H groups in total. The van der Waals surface area contributed by atoms with Crippen LogP contribution in [0.15, 0.2) is 96.1 Å². The van der Waals surface area contributed by atoms with E-state index in [9.17, 15) is 9.59 Å². The summed E-state index contributed by atoms with van der Waals surface area (Å²) in [6.07, 6.45) is 1.44. The van der Waals surface area contributed by atoms with Crippen molar-refractivity contribution in [2.75, 3.05) is 4.90 Å². The average molecular weight is 369 g/mol. The van der Waals surface area contributed by atoms with Crippen molar-refractivity contribution in [1.29, 1.82) is 0 Å². The van der Waals surface area contributed by atoms with Gasteiger partial charge in [0, 0.05) is 5.69 Å². The summed E-state index contributed by atoms with van der Waals surface area (Å²) in [4.78, 5) is 31.9. The molecule has 0 unspecified atom stereocenters. The zero-order valence-electron chi connectivity index (χ0n) is 15.2. The highest BCUT2D eigenvalue weighted by Gasteiger charge is 2.18. The van der Waals surface area contributed by atoms with E-state index in [1.54, 1.807) is 23.1 Å². The van der Waals surface area contributed by atoms with Crippen LogP contribution in [0.5, 0.6) is 0 Å². The molecule has 0 saturated heterocycles. The lowest BCUT2D eigenvalue weighted by molar-refractivity contribution is -0.119. The molecule has 0 fully saturated rings. The Labute approximate surface area is 162 Å². The molecule has 3 aromatic carbocycles. The molecular weight excluding hydrogens is 350 g/mol. The minimum absolute atomic E-state index is 0.0710. The molecule has 0 saturated carbocycles. The minimum atomic E-state index is -0.216. The van der Waals surface area contributed by atoms with E-state index in [0.29, 0.717) is 17.4 Å². The lowest BCUT2D eigenvalue weighted by atomic mass is 10.2. The standard InChI is InChI=1S/C23H19N3O2/c27-22(16-25-17-24-21-14-8-7-13-20(21)23(25)28)26(19-11-5-2-6-12-19)15-18-9-3-1-4-10-18/h1-14,17H,15-16H2. The van der Waals surface area contributed by atoms with E-state index in [2.05, 4.69) is 4.98 Å². The van der Waals surface area contributed by atoms with E-state index in [1.807, 2.05) is 66.7 Å². The molecule has 5 nitrogen and oxygen atoms in total. The predicted molar refractivity (Wildman–Crippen MR) is 110 cm³/mol. The Hall–Kier alpha value is -3.73. The lowest BCUT2D eigenvalue weighted by Gasteiger charge is -2.23. The van der Waals surface area contributed by atoms with E-state index in [0.717, 1.165) is 11.3 Å². The van der Waals surface area contributed by atoms with Gasteiger partial charge >= 0.3 is 0 Å². The Morgan fingerprint density at radius 3 is 2.25 bits per heavy atom. The Balaban J connectivity index is 1.66. The van der Waals surface area contributed by atoms with Crippen LogP contribution in [0.3, 0.4) is 0 Å². The molecule has 0 aliphatic carbocycles. The summed E-state index contributed by atoms with van der Waals surface area (Å²) in [6, 6.07) is 26.4. The summed E-state index contributed by atoms with van der Waals surface area (Å²) >= 11 is 0. The van der Waals surface area contributed by atoms with Crippen LogP contribution < -0.4 is 10.5 Å². The van der Waals surface area contributed by atoms with Gasteiger partial charge in [-0.05, 0) is 29.8 Å². The molecule has 0 bridgehead atoms. The SMILES string of the molecule is O=C(Cn1cnc2ccccc2c1=O)N(Cc1ccccc1)c1ccccc1. The molecule has 0 aliphatic heterocycles. The van der Waals surface area contributed by atoms with Gasteiger partial charge in [0.15, 0.2) is 0 Å². The fourth-order valence-corrected chi connectivity index (χ4v) is 3.15. The Kier molecular flexibility index (Phi) is 4.97. The minimum Gasteiger partial charge on any atom is -0.306 e. The number of anilines is 1. The van der Waals surface area contributed by atoms with Gasteiger partial charge in [-0.1, -0.05) is 60.7 Å². The number of fused-ring (bicyclic) bond motifs is 1. The van der Waals surface area contributed by atoms with Crippen LogP contribution >= 0.6 is 0 Å². The average Bonchev–Trinajstić information content (AvgIpc) is 2.75. The summed E-state index contributed by atoms with van der Waals surface area (Å²) in [7, 11) is 0. The molecule has 5 heteroatoms. The second-order valence-corrected chi connectivity index (χ2v) is 6.50. The molecule has 1 amide bonds. The predicted octanol–water partition coefficient (Wildman–Crippen LogP) is 3.63. The number of para-hydroxylation sites is 2. The molecule has 0 atom stereocenters. The van der Waals surface area contributed by atoms with Gasteiger partial charge in [-0.2, -0.15) is 0 Å². The van der Waals surface area contributed by atoms with Crippen molar-refractivity contribution >= 4 is 22.5 Å². The van der Waals surface area contributed by atoms with Gasteiger partial charge in [0.05, 0.1) is 23.8 Å². The number of rotatable bonds is 5. The fourth-order valence-electron chi connectivity index (χ4n) is 3.15. The number of carbonyl (C=O) groups is 1. The Bertz CT molecular complexity index is 1150. The van der Waals surface area contributed by atoms with Crippen molar-refractivity contribution in [1.82, 2.24) is 9.55 Å². The van der Waals surface area contributed by atoms with Crippen molar-refractivity contribution < 1.29 is 4.79 Å². The third kappa shape index (κ3) is 3.69. The molecule has 28 heavy (non-hydrogen) atoms. The van der Waals surface area contributed by atoms with Crippen molar-refractivity contribution in [3.8, 4) is 0 Å². The highest BCUT2D eigenvalue weighted by Crippen LogP contribution is 2.17. The molecule has 1 aromatic heterocycles. The summed E-state index contributed by atoms with van der Waals surface area (Å²) < 4.78 is 1.37. The molecule has 4 rings (SSSR count).